The third kappa shape index (κ3) is 3.72. The highest BCUT2D eigenvalue weighted by molar-refractivity contribution is 5.95. The number of ketones is 1. The maximum Gasteiger partial charge on any atom is 0.411 e. The summed E-state index contributed by atoms with van der Waals surface area (Å²) >= 11 is 0. The highest BCUT2D eigenvalue weighted by Gasteiger charge is 2.76. The number of allylic oxidation sites excluding steroid dienone is 1. The molecule has 1 heterocycles. The number of carbonyl (C=O) groups is 2. The Labute approximate surface area is 219 Å². The number of carbonyl (C=O) groups excluding carboxylic acids is 2. The summed E-state index contributed by atoms with van der Waals surface area (Å²) in [6.07, 6.45) is -4.82. The Balaban J connectivity index is 1.50. The van der Waals surface area contributed by atoms with E-state index in [0.29, 0.717) is 24.8 Å². The number of alkyl halides is 3. The number of fused-ring (bicyclic) bond motifs is 3. The first-order valence-corrected chi connectivity index (χ1v) is 13.3. The van der Waals surface area contributed by atoms with Gasteiger partial charge in [0.1, 0.15) is 6.10 Å². The molecule has 5 rings (SSSR count). The smallest absolute Gasteiger partial charge is 0.411 e. The van der Waals surface area contributed by atoms with E-state index in [1.165, 1.54) is 0 Å². The Bertz CT molecular complexity index is 1090. The zero-order chi connectivity index (χ0) is 28.0. The van der Waals surface area contributed by atoms with Gasteiger partial charge in [-0.15, -0.1) is 0 Å². The van der Waals surface area contributed by atoms with Crippen LogP contribution in [0.1, 0.15) is 47.0 Å². The Morgan fingerprint density at radius 2 is 2.00 bits per heavy atom. The number of hydrogen-bond acceptors (Lipinski definition) is 7. The molecule has 1 saturated heterocycles. The number of amides is 1. The molecule has 11 heteroatoms. The van der Waals surface area contributed by atoms with Gasteiger partial charge in [-0.1, -0.05) is 32.9 Å². The molecule has 1 unspecified atom stereocenters. The largest absolute Gasteiger partial charge is 0.438 e. The van der Waals surface area contributed by atoms with Crippen LogP contribution in [0.25, 0.3) is 0 Å². The SMILES string of the molecule is CC1=C[C@]23C(=O)[C@@H](C=C(CO)[C@@H](O)[C@]2(O)[C@H]1OC(=O)N1CCCC1NCC(F)(F)F)[C@H]1[C@@H](C[C@H]3C)C1(C)C. The highest BCUT2D eigenvalue weighted by Crippen LogP contribution is 2.71. The summed E-state index contributed by atoms with van der Waals surface area (Å²) in [7, 11) is 0. The average Bonchev–Trinajstić information content (AvgIpc) is 3.13. The van der Waals surface area contributed by atoms with Crippen molar-refractivity contribution in [1.29, 1.82) is 0 Å². The van der Waals surface area contributed by atoms with E-state index in [2.05, 4.69) is 19.2 Å². The van der Waals surface area contributed by atoms with Crippen molar-refractivity contribution in [2.45, 2.75) is 77.1 Å². The molecule has 3 fully saturated rings. The van der Waals surface area contributed by atoms with Crippen molar-refractivity contribution in [2.75, 3.05) is 19.7 Å². The van der Waals surface area contributed by atoms with E-state index in [4.69, 9.17) is 4.74 Å². The molecule has 4 N–H and O–H groups in total. The Hall–Kier alpha value is -1.95. The number of Topliss-reactive ketones (excluding diaryl/α,β-unsaturated/α-hetero) is 1. The molecular weight excluding hydrogens is 505 g/mol. The molecule has 1 aliphatic heterocycles. The van der Waals surface area contributed by atoms with Crippen LogP contribution >= 0.6 is 0 Å². The molecule has 0 radical (unpaired) electrons. The molecule has 0 aromatic heterocycles. The predicted octanol–water partition coefficient (Wildman–Crippen LogP) is 2.53. The molecule has 8 nitrogen and oxygen atoms in total. The fraction of sp³-hybridized carbons (Fsp3) is 0.778. The fourth-order valence-corrected chi connectivity index (χ4v) is 8.19. The number of nitrogens with zero attached hydrogens (tertiary/aromatic N) is 1. The lowest BCUT2D eigenvalue weighted by atomic mass is 9.59. The lowest BCUT2D eigenvalue weighted by Gasteiger charge is -2.49. The summed E-state index contributed by atoms with van der Waals surface area (Å²) in [5, 5.41) is 36.5. The zero-order valence-corrected chi connectivity index (χ0v) is 22.1. The minimum Gasteiger partial charge on any atom is -0.438 e. The summed E-state index contributed by atoms with van der Waals surface area (Å²) in [5.41, 5.74) is -3.49. The van der Waals surface area contributed by atoms with Gasteiger partial charge in [0.2, 0.25) is 0 Å². The molecular formula is C27H37F3N2O6. The number of aliphatic hydroxyl groups excluding tert-OH is 2. The van der Waals surface area contributed by atoms with Gasteiger partial charge in [0.05, 0.1) is 24.7 Å². The molecule has 0 aromatic carbocycles. The van der Waals surface area contributed by atoms with E-state index < -0.39 is 66.6 Å². The Kier molecular flexibility index (Phi) is 6.38. The van der Waals surface area contributed by atoms with Crippen molar-refractivity contribution >= 4 is 11.9 Å². The molecule has 38 heavy (non-hydrogen) atoms. The minimum atomic E-state index is -4.45. The molecule has 5 aliphatic rings. The van der Waals surface area contributed by atoms with Gasteiger partial charge in [-0.25, -0.2) is 4.79 Å². The molecule has 0 aromatic rings. The average molecular weight is 543 g/mol. The highest BCUT2D eigenvalue weighted by atomic mass is 19.4. The molecule has 4 aliphatic carbocycles. The molecule has 2 saturated carbocycles. The number of rotatable bonds is 4. The number of hydrogen-bond donors (Lipinski definition) is 4. The van der Waals surface area contributed by atoms with Gasteiger partial charge in [-0.05, 0) is 60.5 Å². The number of likely N-dealkylation sites (tertiary alicyclic amines) is 1. The molecule has 2 bridgehead atoms. The van der Waals surface area contributed by atoms with Crippen molar-refractivity contribution in [3.05, 3.63) is 23.3 Å². The minimum absolute atomic E-state index is 0.00621. The predicted molar refractivity (Wildman–Crippen MR) is 129 cm³/mol. The third-order valence-corrected chi connectivity index (χ3v) is 10.1. The maximum absolute atomic E-state index is 14.4. The van der Waals surface area contributed by atoms with E-state index in [9.17, 15) is 38.1 Å². The van der Waals surface area contributed by atoms with Crippen LogP contribution in [0.15, 0.2) is 23.3 Å². The second-order valence-corrected chi connectivity index (χ2v) is 12.5. The van der Waals surface area contributed by atoms with Gasteiger partial charge >= 0.3 is 12.3 Å². The van der Waals surface area contributed by atoms with Gasteiger partial charge in [-0.2, -0.15) is 13.2 Å². The van der Waals surface area contributed by atoms with Crippen molar-refractivity contribution in [3.63, 3.8) is 0 Å². The number of aliphatic hydroxyl groups is 3. The normalized spacial score (nSPS) is 43.5. The summed E-state index contributed by atoms with van der Waals surface area (Å²) in [4.78, 5) is 28.8. The van der Waals surface area contributed by atoms with Crippen molar-refractivity contribution in [3.8, 4) is 0 Å². The second kappa shape index (κ2) is 8.78. The maximum atomic E-state index is 14.4. The van der Waals surface area contributed by atoms with Crippen molar-refractivity contribution in [1.82, 2.24) is 10.2 Å². The van der Waals surface area contributed by atoms with Crippen LogP contribution in [0.2, 0.25) is 0 Å². The standard InChI is InChI=1S/C27H37F3N2O6/c1-13-10-25-14(2)8-17-19(24(17,3)4)16(21(25)35)9-15(11-33)20(34)27(25,37)22(13)38-23(36)32-7-5-6-18(32)31-12-26(28,29)30/h9-10,14,16-20,22,31,33-34,37H,5-8,11-12H2,1-4H3/t14-,16+,17-,18?,19+,20-,22+,25+,27+/m1/s1. The monoisotopic (exact) mass is 542 g/mol. The molecule has 1 spiro atoms. The summed E-state index contributed by atoms with van der Waals surface area (Å²) in [6.45, 7) is 5.96. The first-order chi connectivity index (χ1) is 17.6. The summed E-state index contributed by atoms with van der Waals surface area (Å²) in [6, 6.07) is 0. The number of ether oxygens (including phenoxy) is 1. The van der Waals surface area contributed by atoms with Crippen molar-refractivity contribution < 1.29 is 42.8 Å². The van der Waals surface area contributed by atoms with Crippen LogP contribution in [0.5, 0.6) is 0 Å². The Morgan fingerprint density at radius 1 is 1.32 bits per heavy atom. The summed E-state index contributed by atoms with van der Waals surface area (Å²) in [5.74, 6) is -1.10. The zero-order valence-electron chi connectivity index (χ0n) is 22.1. The van der Waals surface area contributed by atoms with E-state index in [1.54, 1.807) is 19.1 Å². The van der Waals surface area contributed by atoms with E-state index in [-0.39, 0.29) is 35.2 Å². The van der Waals surface area contributed by atoms with Crippen LogP contribution < -0.4 is 5.32 Å². The summed E-state index contributed by atoms with van der Waals surface area (Å²) < 4.78 is 44.1. The van der Waals surface area contributed by atoms with Gasteiger partial charge in [0.25, 0.3) is 0 Å². The first-order valence-electron chi connectivity index (χ1n) is 13.3. The van der Waals surface area contributed by atoms with E-state index in [1.807, 2.05) is 6.92 Å². The molecule has 1 amide bonds. The number of nitrogens with one attached hydrogen (secondary N) is 1. The van der Waals surface area contributed by atoms with Gasteiger partial charge in [-0.3, -0.25) is 15.0 Å². The number of halogens is 3. The van der Waals surface area contributed by atoms with Gasteiger partial charge in [0, 0.05) is 12.5 Å². The molecule has 212 valence electrons. The third-order valence-electron chi connectivity index (χ3n) is 10.1. The van der Waals surface area contributed by atoms with E-state index in [0.717, 1.165) is 4.90 Å². The van der Waals surface area contributed by atoms with Gasteiger partial charge < -0.3 is 20.1 Å². The van der Waals surface area contributed by atoms with E-state index >= 15 is 0 Å². The van der Waals surface area contributed by atoms with Crippen LogP contribution in [0, 0.1) is 34.5 Å². The van der Waals surface area contributed by atoms with Crippen LogP contribution in [-0.2, 0) is 9.53 Å². The molecule has 9 atom stereocenters. The van der Waals surface area contributed by atoms with Crippen LogP contribution in [0.3, 0.4) is 0 Å². The fourth-order valence-electron chi connectivity index (χ4n) is 8.19. The van der Waals surface area contributed by atoms with Gasteiger partial charge in [0.15, 0.2) is 17.5 Å². The topological polar surface area (TPSA) is 119 Å². The second-order valence-electron chi connectivity index (χ2n) is 12.5. The lowest BCUT2D eigenvalue weighted by molar-refractivity contribution is -0.191. The Morgan fingerprint density at radius 3 is 2.63 bits per heavy atom. The first kappa shape index (κ1) is 27.6. The quantitative estimate of drug-likeness (QED) is 0.403. The lowest BCUT2D eigenvalue weighted by Crippen LogP contribution is -2.66. The van der Waals surface area contributed by atoms with Crippen LogP contribution in [-0.4, -0.2) is 81.9 Å². The van der Waals surface area contributed by atoms with Crippen molar-refractivity contribution in [2.24, 2.45) is 34.5 Å². The van der Waals surface area contributed by atoms with Crippen LogP contribution in [0.4, 0.5) is 18.0 Å².